The molecule has 33 heavy (non-hydrogen) atoms. The van der Waals surface area contributed by atoms with Crippen molar-refractivity contribution in [1.82, 2.24) is 10.3 Å². The molecule has 184 valence electrons. The van der Waals surface area contributed by atoms with Gasteiger partial charge in [0.1, 0.15) is 12.2 Å². The first-order chi connectivity index (χ1) is 15.3. The Morgan fingerprint density at radius 1 is 1.24 bits per heavy atom. The number of aromatic nitrogens is 1. The van der Waals surface area contributed by atoms with E-state index in [4.69, 9.17) is 10.8 Å². The predicted molar refractivity (Wildman–Crippen MR) is 129 cm³/mol. The Morgan fingerprint density at radius 2 is 1.94 bits per heavy atom. The molecule has 1 aromatic heterocycles. The van der Waals surface area contributed by atoms with Crippen LogP contribution < -0.4 is 16.4 Å². The normalized spacial score (nSPS) is 13.2. The summed E-state index contributed by atoms with van der Waals surface area (Å²) in [5.41, 5.74) is 8.33. The number of aryl methyl sites for hydroxylation is 1. The van der Waals surface area contributed by atoms with Gasteiger partial charge in [-0.1, -0.05) is 20.8 Å². The average molecular weight is 487 g/mol. The van der Waals surface area contributed by atoms with Crippen molar-refractivity contribution in [2.75, 3.05) is 36.5 Å². The molecule has 1 unspecified atom stereocenters. The minimum Gasteiger partial charge on any atom is -0.396 e. The number of alkyl halides is 3. The van der Waals surface area contributed by atoms with Crippen molar-refractivity contribution in [3.8, 4) is 0 Å². The van der Waals surface area contributed by atoms with E-state index in [0.717, 1.165) is 16.9 Å². The molecule has 0 aliphatic rings. The number of amides is 1. The van der Waals surface area contributed by atoms with Crippen LogP contribution in [0, 0.1) is 6.92 Å². The summed E-state index contributed by atoms with van der Waals surface area (Å²) < 4.78 is 38.1. The van der Waals surface area contributed by atoms with Gasteiger partial charge in [-0.05, 0) is 53.8 Å². The average Bonchev–Trinajstić information content (AvgIpc) is 2.72. The van der Waals surface area contributed by atoms with E-state index in [-0.39, 0.29) is 30.8 Å². The molecule has 0 fully saturated rings. The lowest BCUT2D eigenvalue weighted by molar-refractivity contribution is -0.115. The van der Waals surface area contributed by atoms with Crippen LogP contribution in [0.1, 0.15) is 48.8 Å². The van der Waals surface area contributed by atoms with E-state index in [0.29, 0.717) is 28.8 Å². The number of carbonyl (C=O) groups excluding carboxylic acids is 1. The highest BCUT2D eigenvalue weighted by Crippen LogP contribution is 2.34. The first-order valence-electron chi connectivity index (χ1n) is 10.8. The molecule has 0 saturated heterocycles. The molecule has 2 rings (SSSR count). The largest absolute Gasteiger partial charge is 0.405 e. The Balaban J connectivity index is 2.27. The van der Waals surface area contributed by atoms with Crippen molar-refractivity contribution >= 4 is 34.3 Å². The number of anilines is 1. The molecule has 1 heterocycles. The number of nitrogens with two attached hydrogens (primary N) is 1. The number of fused-ring (bicyclic) bond motifs is 1. The number of aliphatic hydroxyl groups is 1. The van der Waals surface area contributed by atoms with Gasteiger partial charge in [0.2, 0.25) is 0 Å². The number of hydrogen-bond acceptors (Lipinski definition) is 6. The van der Waals surface area contributed by atoms with Gasteiger partial charge in [-0.3, -0.25) is 4.79 Å². The molecule has 0 spiro atoms. The summed E-state index contributed by atoms with van der Waals surface area (Å²) in [6.07, 6.45) is -3.63. The van der Waals surface area contributed by atoms with Gasteiger partial charge in [0.15, 0.2) is 0 Å². The summed E-state index contributed by atoms with van der Waals surface area (Å²) in [5, 5.41) is 14.8. The molecule has 0 aliphatic carbocycles. The number of nitrogens with zero attached hydrogens (tertiary/aromatic N) is 1. The fourth-order valence-electron chi connectivity index (χ4n) is 3.26. The molecular formula is C23H33F3N4O2S. The molecule has 2 aromatic rings. The number of benzene rings is 1. The van der Waals surface area contributed by atoms with Gasteiger partial charge in [0.05, 0.1) is 5.52 Å². The van der Waals surface area contributed by atoms with Crippen LogP contribution in [0.2, 0.25) is 0 Å². The van der Waals surface area contributed by atoms with E-state index in [9.17, 15) is 18.0 Å². The third-order valence-corrected chi connectivity index (χ3v) is 6.20. The fraction of sp³-hybridized carbons (Fsp3) is 0.565. The van der Waals surface area contributed by atoms with Crippen LogP contribution in [-0.2, 0) is 5.41 Å². The molecule has 0 bridgehead atoms. The predicted octanol–water partition coefficient (Wildman–Crippen LogP) is 3.99. The number of thioether (sulfide) groups is 1. The smallest absolute Gasteiger partial charge is 0.396 e. The van der Waals surface area contributed by atoms with Crippen molar-refractivity contribution in [2.24, 2.45) is 5.73 Å². The molecule has 1 amide bonds. The van der Waals surface area contributed by atoms with E-state index in [1.165, 1.54) is 0 Å². The van der Waals surface area contributed by atoms with Gasteiger partial charge in [0, 0.05) is 36.0 Å². The van der Waals surface area contributed by atoms with Crippen molar-refractivity contribution in [2.45, 2.75) is 51.7 Å². The quantitative estimate of drug-likeness (QED) is 0.379. The SMILES string of the molecule is Cc1cc(C(=O)NCC(N)CSCCCO)nc2c(C(C)(C)C)cc(NCC(F)(F)F)cc12. The maximum atomic E-state index is 12.8. The van der Waals surface area contributed by atoms with E-state index < -0.39 is 18.1 Å². The first kappa shape index (κ1) is 27.2. The summed E-state index contributed by atoms with van der Waals surface area (Å²) in [5.74, 6) is 1.11. The molecular weight excluding hydrogens is 453 g/mol. The van der Waals surface area contributed by atoms with Gasteiger partial charge in [-0.15, -0.1) is 0 Å². The third-order valence-electron chi connectivity index (χ3n) is 4.96. The Kier molecular flexibility index (Phi) is 9.39. The Hall–Kier alpha value is -2.04. The molecule has 0 aliphatic heterocycles. The zero-order valence-corrected chi connectivity index (χ0v) is 20.3. The van der Waals surface area contributed by atoms with Crippen molar-refractivity contribution < 1.29 is 23.1 Å². The number of nitrogens with one attached hydrogen (secondary N) is 2. The van der Waals surface area contributed by atoms with Crippen LogP contribution in [0.25, 0.3) is 10.9 Å². The molecule has 6 nitrogen and oxygen atoms in total. The Morgan fingerprint density at radius 3 is 2.55 bits per heavy atom. The second-order valence-corrected chi connectivity index (χ2v) is 10.2. The van der Waals surface area contributed by atoms with E-state index in [1.807, 2.05) is 27.7 Å². The van der Waals surface area contributed by atoms with Crippen molar-refractivity contribution in [3.63, 3.8) is 0 Å². The number of hydrogen-bond donors (Lipinski definition) is 4. The number of halogens is 3. The molecule has 1 aromatic carbocycles. The fourth-order valence-corrected chi connectivity index (χ4v) is 4.18. The summed E-state index contributed by atoms with van der Waals surface area (Å²) >= 11 is 1.62. The third kappa shape index (κ3) is 8.35. The van der Waals surface area contributed by atoms with Gasteiger partial charge < -0.3 is 21.5 Å². The molecule has 0 radical (unpaired) electrons. The highest BCUT2D eigenvalue weighted by atomic mass is 32.2. The van der Waals surface area contributed by atoms with Crippen molar-refractivity contribution in [3.05, 3.63) is 35.0 Å². The number of pyridine rings is 1. The Labute approximate surface area is 196 Å². The van der Waals surface area contributed by atoms with Gasteiger partial charge >= 0.3 is 6.18 Å². The van der Waals surface area contributed by atoms with Crippen LogP contribution in [0.3, 0.4) is 0 Å². The second-order valence-electron chi connectivity index (χ2n) is 9.09. The lowest BCUT2D eigenvalue weighted by Crippen LogP contribution is -2.39. The number of carbonyl (C=O) groups is 1. The van der Waals surface area contributed by atoms with E-state index in [2.05, 4.69) is 15.6 Å². The molecule has 1 atom stereocenters. The summed E-state index contributed by atoms with van der Waals surface area (Å²) in [7, 11) is 0. The van der Waals surface area contributed by atoms with Gasteiger partial charge in [0.25, 0.3) is 5.91 Å². The molecule has 0 saturated carbocycles. The summed E-state index contributed by atoms with van der Waals surface area (Å²) in [4.78, 5) is 17.3. The highest BCUT2D eigenvalue weighted by molar-refractivity contribution is 7.99. The minimum atomic E-state index is -4.33. The lowest BCUT2D eigenvalue weighted by atomic mass is 9.84. The molecule has 5 N–H and O–H groups in total. The second kappa shape index (κ2) is 11.4. The van der Waals surface area contributed by atoms with Crippen LogP contribution in [0.4, 0.5) is 18.9 Å². The van der Waals surface area contributed by atoms with Crippen LogP contribution in [0.15, 0.2) is 18.2 Å². The highest BCUT2D eigenvalue weighted by Gasteiger charge is 2.27. The maximum absolute atomic E-state index is 12.8. The maximum Gasteiger partial charge on any atom is 0.405 e. The Bertz CT molecular complexity index is 961. The summed E-state index contributed by atoms with van der Waals surface area (Å²) in [6, 6.07) is 4.72. The monoisotopic (exact) mass is 486 g/mol. The standard InChI is InChI=1S/C23H33F3N4O2S/c1-14-8-19(21(32)28-11-15(27)12-33-7-5-6-31)30-20-17(14)9-16(29-13-23(24,25)26)10-18(20)22(2,3)4/h8-10,15,29,31H,5-7,11-13,27H2,1-4H3,(H,28,32). The first-order valence-corrected chi connectivity index (χ1v) is 12.0. The van der Waals surface area contributed by atoms with Crippen LogP contribution in [0.5, 0.6) is 0 Å². The van der Waals surface area contributed by atoms with Gasteiger partial charge in [-0.2, -0.15) is 24.9 Å². The zero-order chi connectivity index (χ0) is 24.8. The van der Waals surface area contributed by atoms with Crippen molar-refractivity contribution in [1.29, 1.82) is 0 Å². The van der Waals surface area contributed by atoms with Crippen LogP contribution >= 0.6 is 11.8 Å². The van der Waals surface area contributed by atoms with Crippen LogP contribution in [-0.4, -0.2) is 59.4 Å². The number of rotatable bonds is 10. The van der Waals surface area contributed by atoms with E-state index >= 15 is 0 Å². The van der Waals surface area contributed by atoms with E-state index in [1.54, 1.807) is 30.0 Å². The lowest BCUT2D eigenvalue weighted by Gasteiger charge is -2.23. The minimum absolute atomic E-state index is 0.141. The van der Waals surface area contributed by atoms with Gasteiger partial charge in [-0.25, -0.2) is 4.98 Å². The molecule has 10 heteroatoms. The summed E-state index contributed by atoms with van der Waals surface area (Å²) in [6.45, 7) is 6.96. The number of aliphatic hydroxyl groups excluding tert-OH is 1. The topological polar surface area (TPSA) is 100 Å². The zero-order valence-electron chi connectivity index (χ0n) is 19.5.